The summed E-state index contributed by atoms with van der Waals surface area (Å²) in [6, 6.07) is 0. The zero-order valence-electron chi connectivity index (χ0n) is 11.3. The van der Waals surface area contributed by atoms with E-state index in [-0.39, 0.29) is 0 Å². The summed E-state index contributed by atoms with van der Waals surface area (Å²) in [6.07, 6.45) is -6.15. The molecule has 8 nitrogen and oxygen atoms in total. The number of hydrogen-bond donors (Lipinski definition) is 6. The van der Waals surface area contributed by atoms with Crippen molar-refractivity contribution in [2.45, 2.75) is 43.9 Å². The topological polar surface area (TPSA) is 139 Å². The van der Waals surface area contributed by atoms with E-state index >= 15 is 0 Å². The van der Waals surface area contributed by atoms with Crippen LogP contribution in [0.15, 0.2) is 0 Å². The molecule has 118 valence electrons. The Morgan fingerprint density at radius 1 is 1.20 bits per heavy atom. The van der Waals surface area contributed by atoms with Gasteiger partial charge < -0.3 is 35.6 Å². The van der Waals surface area contributed by atoms with E-state index in [0.717, 1.165) is 0 Å². The highest BCUT2D eigenvalue weighted by molar-refractivity contribution is 5.79. The third-order valence-corrected chi connectivity index (χ3v) is 3.41. The van der Waals surface area contributed by atoms with Crippen LogP contribution in [-0.4, -0.2) is 81.7 Å². The molecule has 1 heterocycles. The summed E-state index contributed by atoms with van der Waals surface area (Å²) in [5, 5.41) is 50.2. The molecule has 0 aromatic carbocycles. The van der Waals surface area contributed by atoms with E-state index in [2.05, 4.69) is 5.32 Å². The fourth-order valence-electron chi connectivity index (χ4n) is 2.18. The van der Waals surface area contributed by atoms with E-state index in [1.807, 2.05) is 6.92 Å². The van der Waals surface area contributed by atoms with Crippen LogP contribution in [0.3, 0.4) is 0 Å². The van der Waals surface area contributed by atoms with Gasteiger partial charge in [-0.05, 0) is 6.42 Å². The zero-order valence-corrected chi connectivity index (χ0v) is 11.3. The van der Waals surface area contributed by atoms with Crippen LogP contribution < -0.4 is 5.32 Å². The minimum Gasteiger partial charge on any atom is -0.395 e. The molecule has 6 N–H and O–H groups in total. The van der Waals surface area contributed by atoms with Crippen LogP contribution >= 0.6 is 0 Å². The highest BCUT2D eigenvalue weighted by Crippen LogP contribution is 2.26. The number of aliphatic hydroxyl groups is 5. The second-order valence-corrected chi connectivity index (χ2v) is 4.87. The van der Waals surface area contributed by atoms with Crippen molar-refractivity contribution in [1.82, 2.24) is 5.32 Å². The van der Waals surface area contributed by atoms with Gasteiger partial charge in [-0.2, -0.15) is 0 Å². The molecule has 8 heteroatoms. The van der Waals surface area contributed by atoms with Crippen molar-refractivity contribution in [3.05, 3.63) is 0 Å². The fraction of sp³-hybridized carbons (Fsp3) is 0.917. The summed E-state index contributed by atoms with van der Waals surface area (Å²) in [5.41, 5.74) is 0. The summed E-state index contributed by atoms with van der Waals surface area (Å²) < 4.78 is 5.25. The van der Waals surface area contributed by atoms with E-state index in [1.54, 1.807) is 0 Å². The van der Waals surface area contributed by atoms with Crippen LogP contribution in [0.4, 0.5) is 0 Å². The highest BCUT2D eigenvalue weighted by atomic mass is 16.5. The number of rotatable bonds is 6. The maximum atomic E-state index is 11.9. The monoisotopic (exact) mass is 293 g/mol. The second kappa shape index (κ2) is 7.87. The van der Waals surface area contributed by atoms with Crippen LogP contribution in [-0.2, 0) is 9.53 Å². The summed E-state index contributed by atoms with van der Waals surface area (Å²) >= 11 is 0. The molecule has 1 saturated heterocycles. The van der Waals surface area contributed by atoms with Gasteiger partial charge in [0.15, 0.2) is 0 Å². The van der Waals surface area contributed by atoms with E-state index in [4.69, 9.17) is 9.84 Å². The molecule has 0 aromatic rings. The molecule has 0 saturated carbocycles. The molecule has 20 heavy (non-hydrogen) atoms. The lowest BCUT2D eigenvalue weighted by Gasteiger charge is -2.42. The average molecular weight is 293 g/mol. The minimum atomic E-state index is -1.56. The van der Waals surface area contributed by atoms with E-state index in [0.29, 0.717) is 13.0 Å². The Morgan fingerprint density at radius 3 is 2.35 bits per heavy atom. The van der Waals surface area contributed by atoms with Gasteiger partial charge in [0.2, 0.25) is 5.91 Å². The SMILES string of the molecule is CCCNC(=O)C(CO)C1O[C@H](CO)[C@@H](O)[C@H](O)[C@@H]1O. The Kier molecular flexibility index (Phi) is 6.80. The lowest BCUT2D eigenvalue weighted by Crippen LogP contribution is -2.62. The van der Waals surface area contributed by atoms with E-state index < -0.39 is 55.6 Å². The number of aliphatic hydroxyl groups excluding tert-OH is 5. The van der Waals surface area contributed by atoms with Crippen LogP contribution in [0.25, 0.3) is 0 Å². The van der Waals surface area contributed by atoms with Crippen molar-refractivity contribution in [1.29, 1.82) is 0 Å². The molecule has 0 bridgehead atoms. The maximum absolute atomic E-state index is 11.9. The van der Waals surface area contributed by atoms with Gasteiger partial charge in [-0.25, -0.2) is 0 Å². The van der Waals surface area contributed by atoms with Crippen molar-refractivity contribution in [3.63, 3.8) is 0 Å². The van der Waals surface area contributed by atoms with Crippen molar-refractivity contribution in [3.8, 4) is 0 Å². The van der Waals surface area contributed by atoms with Gasteiger partial charge in [-0.1, -0.05) is 6.92 Å². The van der Waals surface area contributed by atoms with Crippen molar-refractivity contribution < 1.29 is 35.1 Å². The quantitative estimate of drug-likeness (QED) is 0.306. The molecule has 0 radical (unpaired) electrons. The number of carbonyl (C=O) groups excluding carboxylic acids is 1. The van der Waals surface area contributed by atoms with Gasteiger partial charge in [0.1, 0.15) is 30.5 Å². The fourth-order valence-corrected chi connectivity index (χ4v) is 2.18. The first-order valence-corrected chi connectivity index (χ1v) is 6.67. The summed E-state index contributed by atoms with van der Waals surface area (Å²) in [7, 11) is 0. The van der Waals surface area contributed by atoms with Gasteiger partial charge in [-0.3, -0.25) is 4.79 Å². The van der Waals surface area contributed by atoms with Crippen molar-refractivity contribution >= 4 is 5.91 Å². The first-order valence-electron chi connectivity index (χ1n) is 6.67. The Morgan fingerprint density at radius 2 is 1.85 bits per heavy atom. The normalized spacial score (nSPS) is 35.6. The summed E-state index contributed by atoms with van der Waals surface area (Å²) in [5.74, 6) is -1.61. The predicted molar refractivity (Wildman–Crippen MR) is 67.6 cm³/mol. The van der Waals surface area contributed by atoms with Crippen LogP contribution in [0.5, 0.6) is 0 Å². The average Bonchev–Trinajstić information content (AvgIpc) is 2.45. The van der Waals surface area contributed by atoms with Crippen molar-refractivity contribution in [2.75, 3.05) is 19.8 Å². The summed E-state index contributed by atoms with van der Waals surface area (Å²) in [4.78, 5) is 11.9. The van der Waals surface area contributed by atoms with Crippen molar-refractivity contribution in [2.24, 2.45) is 5.92 Å². The molecule has 2 unspecified atom stereocenters. The standard InChI is InChI=1S/C12H23NO7/c1-2-3-13-12(19)6(4-14)11-10(18)9(17)8(16)7(5-15)20-11/h6-11,14-18H,2-5H2,1H3,(H,13,19)/t6?,7-,8-,9+,10+,11?/m1/s1. The molecule has 1 amide bonds. The first-order chi connectivity index (χ1) is 9.47. The van der Waals surface area contributed by atoms with Gasteiger partial charge in [-0.15, -0.1) is 0 Å². The first kappa shape index (κ1) is 17.3. The minimum absolute atomic E-state index is 0.409. The van der Waals surface area contributed by atoms with E-state index in [1.165, 1.54) is 0 Å². The molecular weight excluding hydrogens is 270 g/mol. The molecule has 6 atom stereocenters. The largest absolute Gasteiger partial charge is 0.395 e. The zero-order chi connectivity index (χ0) is 15.3. The molecule has 0 aliphatic carbocycles. The maximum Gasteiger partial charge on any atom is 0.228 e. The molecule has 1 aliphatic rings. The molecule has 0 aromatic heterocycles. The van der Waals surface area contributed by atoms with Crippen LogP contribution in [0.1, 0.15) is 13.3 Å². The third kappa shape index (κ3) is 3.66. The number of carbonyl (C=O) groups is 1. The number of nitrogens with one attached hydrogen (secondary N) is 1. The molecule has 1 aliphatic heterocycles. The van der Waals surface area contributed by atoms with Gasteiger partial charge in [0.05, 0.1) is 19.1 Å². The number of hydrogen-bond acceptors (Lipinski definition) is 7. The molecular formula is C12H23NO7. The molecule has 0 spiro atoms. The second-order valence-electron chi connectivity index (χ2n) is 4.87. The molecule has 1 rings (SSSR count). The van der Waals surface area contributed by atoms with Gasteiger partial charge in [0, 0.05) is 6.54 Å². The lowest BCUT2D eigenvalue weighted by atomic mass is 9.87. The number of amides is 1. The highest BCUT2D eigenvalue weighted by Gasteiger charge is 2.47. The Bertz CT molecular complexity index is 312. The molecule has 1 fully saturated rings. The Labute approximate surface area is 117 Å². The summed E-state index contributed by atoms with van der Waals surface area (Å²) in [6.45, 7) is 1.11. The van der Waals surface area contributed by atoms with Gasteiger partial charge in [0.25, 0.3) is 0 Å². The van der Waals surface area contributed by atoms with E-state index in [9.17, 15) is 25.2 Å². The van der Waals surface area contributed by atoms with Crippen LogP contribution in [0.2, 0.25) is 0 Å². The smallest absolute Gasteiger partial charge is 0.228 e. The predicted octanol–water partition coefficient (Wildman–Crippen LogP) is -3.04. The third-order valence-electron chi connectivity index (χ3n) is 3.41. The lowest BCUT2D eigenvalue weighted by molar-refractivity contribution is -0.242. The Balaban J connectivity index is 2.81. The Hall–Kier alpha value is -0.770. The van der Waals surface area contributed by atoms with Crippen LogP contribution in [0, 0.1) is 5.92 Å². The number of ether oxygens (including phenoxy) is 1. The van der Waals surface area contributed by atoms with Gasteiger partial charge >= 0.3 is 0 Å².